The molecule has 0 spiro atoms. The van der Waals surface area contributed by atoms with Crippen LogP contribution in [0.2, 0.25) is 0 Å². The zero-order chi connectivity index (χ0) is 12.0. The Morgan fingerprint density at radius 1 is 1.31 bits per heavy atom. The van der Waals surface area contributed by atoms with Crippen LogP contribution in [-0.4, -0.2) is 50.6 Å². The first kappa shape index (κ1) is 13.5. The van der Waals surface area contributed by atoms with Crippen LogP contribution in [0, 0.1) is 0 Å². The third-order valence-corrected chi connectivity index (χ3v) is 3.70. The second-order valence-electron chi connectivity index (χ2n) is 4.96. The number of likely N-dealkylation sites (N-methyl/N-ethyl adjacent to an activating group) is 1. The fourth-order valence-corrected chi connectivity index (χ4v) is 2.41. The van der Waals surface area contributed by atoms with Crippen molar-refractivity contribution in [3.63, 3.8) is 0 Å². The molecule has 1 saturated carbocycles. The van der Waals surface area contributed by atoms with Gasteiger partial charge in [0.05, 0.1) is 0 Å². The molecule has 0 aromatic heterocycles. The first-order valence-electron chi connectivity index (χ1n) is 6.19. The second-order valence-corrected chi connectivity index (χ2v) is 4.96. The van der Waals surface area contributed by atoms with Crippen molar-refractivity contribution < 1.29 is 4.79 Å². The van der Waals surface area contributed by atoms with Gasteiger partial charge in [0.15, 0.2) is 0 Å². The number of hydrogen-bond donors (Lipinski definition) is 2. The molecule has 1 aliphatic carbocycles. The van der Waals surface area contributed by atoms with Crippen LogP contribution in [0.25, 0.3) is 0 Å². The van der Waals surface area contributed by atoms with Crippen LogP contribution in [0.1, 0.15) is 32.1 Å². The highest BCUT2D eigenvalue weighted by molar-refractivity contribution is 5.76. The van der Waals surface area contributed by atoms with E-state index in [1.54, 1.807) is 0 Å². The maximum Gasteiger partial charge on any atom is 0.221 e. The highest BCUT2D eigenvalue weighted by Crippen LogP contribution is 2.32. The first-order chi connectivity index (χ1) is 7.60. The van der Waals surface area contributed by atoms with Gasteiger partial charge in [-0.15, -0.1) is 0 Å². The molecule has 0 atom stereocenters. The second kappa shape index (κ2) is 6.21. The van der Waals surface area contributed by atoms with Crippen LogP contribution in [0.4, 0.5) is 0 Å². The van der Waals surface area contributed by atoms with E-state index >= 15 is 0 Å². The quantitative estimate of drug-likeness (QED) is 0.698. The Morgan fingerprint density at radius 3 is 2.44 bits per heavy atom. The minimum atomic E-state index is 0.155. The van der Waals surface area contributed by atoms with Gasteiger partial charge in [-0.3, -0.25) is 4.79 Å². The Kier molecular flexibility index (Phi) is 5.22. The first-order valence-corrected chi connectivity index (χ1v) is 6.19. The fourth-order valence-electron chi connectivity index (χ4n) is 2.41. The maximum absolute atomic E-state index is 11.6. The Balaban J connectivity index is 2.36. The standard InChI is InChI=1S/C12H25N3O/c1-13-9-6-11(16)14-10-12(15(2)3)7-4-5-8-12/h13H,4-10H2,1-3H3,(H,14,16). The van der Waals surface area contributed by atoms with Gasteiger partial charge in [0.25, 0.3) is 0 Å². The van der Waals surface area contributed by atoms with E-state index in [1.165, 1.54) is 25.7 Å². The summed E-state index contributed by atoms with van der Waals surface area (Å²) in [5.74, 6) is 0.155. The third kappa shape index (κ3) is 3.46. The van der Waals surface area contributed by atoms with Crippen molar-refractivity contribution in [2.75, 3.05) is 34.2 Å². The minimum Gasteiger partial charge on any atom is -0.354 e. The molecule has 0 saturated heterocycles. The molecule has 1 fully saturated rings. The molecule has 1 rings (SSSR count). The van der Waals surface area contributed by atoms with Crippen LogP contribution >= 0.6 is 0 Å². The van der Waals surface area contributed by atoms with Crippen molar-refractivity contribution in [3.8, 4) is 0 Å². The number of carbonyl (C=O) groups is 1. The lowest BCUT2D eigenvalue weighted by Crippen LogP contribution is -2.51. The van der Waals surface area contributed by atoms with Gasteiger partial charge in [-0.05, 0) is 34.0 Å². The average Bonchev–Trinajstić information content (AvgIpc) is 2.73. The minimum absolute atomic E-state index is 0.155. The van der Waals surface area contributed by atoms with Crippen LogP contribution in [0.3, 0.4) is 0 Å². The highest BCUT2D eigenvalue weighted by atomic mass is 16.1. The van der Waals surface area contributed by atoms with Crippen molar-refractivity contribution in [2.45, 2.75) is 37.6 Å². The monoisotopic (exact) mass is 227 g/mol. The van der Waals surface area contributed by atoms with E-state index in [2.05, 4.69) is 29.6 Å². The lowest BCUT2D eigenvalue weighted by molar-refractivity contribution is -0.121. The normalized spacial score (nSPS) is 19.0. The van der Waals surface area contributed by atoms with Gasteiger partial charge in [-0.2, -0.15) is 0 Å². The predicted molar refractivity (Wildman–Crippen MR) is 66.4 cm³/mol. The summed E-state index contributed by atoms with van der Waals surface area (Å²) in [5, 5.41) is 6.05. The Bertz CT molecular complexity index is 222. The summed E-state index contributed by atoms with van der Waals surface area (Å²) in [5.41, 5.74) is 0.204. The van der Waals surface area contributed by atoms with E-state index in [-0.39, 0.29) is 11.4 Å². The van der Waals surface area contributed by atoms with E-state index in [4.69, 9.17) is 0 Å². The predicted octanol–water partition coefficient (Wildman–Crippen LogP) is 0.587. The van der Waals surface area contributed by atoms with Crippen molar-refractivity contribution in [1.29, 1.82) is 0 Å². The Hall–Kier alpha value is -0.610. The number of carbonyl (C=O) groups excluding carboxylic acids is 1. The summed E-state index contributed by atoms with van der Waals surface area (Å²) >= 11 is 0. The molecule has 16 heavy (non-hydrogen) atoms. The summed E-state index contributed by atoms with van der Waals surface area (Å²) in [4.78, 5) is 13.8. The molecule has 0 radical (unpaired) electrons. The van der Waals surface area contributed by atoms with Crippen molar-refractivity contribution in [3.05, 3.63) is 0 Å². The summed E-state index contributed by atoms with van der Waals surface area (Å²) in [7, 11) is 6.10. The maximum atomic E-state index is 11.6. The molecule has 2 N–H and O–H groups in total. The fraction of sp³-hybridized carbons (Fsp3) is 0.917. The van der Waals surface area contributed by atoms with Gasteiger partial charge in [-0.1, -0.05) is 12.8 Å². The third-order valence-electron chi connectivity index (χ3n) is 3.70. The summed E-state index contributed by atoms with van der Waals surface area (Å²) in [6, 6.07) is 0. The van der Waals surface area contributed by atoms with Crippen molar-refractivity contribution >= 4 is 5.91 Å². The number of rotatable bonds is 6. The largest absolute Gasteiger partial charge is 0.354 e. The lowest BCUT2D eigenvalue weighted by Gasteiger charge is -2.36. The molecule has 4 heteroatoms. The summed E-state index contributed by atoms with van der Waals surface area (Å²) in [6.45, 7) is 1.54. The van der Waals surface area contributed by atoms with Gasteiger partial charge in [0.2, 0.25) is 5.91 Å². The molecule has 0 bridgehead atoms. The van der Waals surface area contributed by atoms with E-state index < -0.39 is 0 Å². The molecule has 4 nitrogen and oxygen atoms in total. The molecule has 0 aliphatic heterocycles. The lowest BCUT2D eigenvalue weighted by atomic mass is 9.96. The molecule has 94 valence electrons. The molecule has 1 aliphatic rings. The van der Waals surface area contributed by atoms with Gasteiger partial charge in [0, 0.05) is 25.0 Å². The van der Waals surface area contributed by atoms with Crippen LogP contribution in [-0.2, 0) is 4.79 Å². The van der Waals surface area contributed by atoms with E-state index in [0.29, 0.717) is 6.42 Å². The highest BCUT2D eigenvalue weighted by Gasteiger charge is 2.35. The van der Waals surface area contributed by atoms with E-state index in [0.717, 1.165) is 13.1 Å². The SMILES string of the molecule is CNCCC(=O)NCC1(N(C)C)CCCC1. The molecule has 0 aromatic rings. The molecule has 1 amide bonds. The number of amides is 1. The van der Waals surface area contributed by atoms with E-state index in [1.807, 2.05) is 7.05 Å². The number of hydrogen-bond acceptors (Lipinski definition) is 3. The summed E-state index contributed by atoms with van der Waals surface area (Å²) in [6.07, 6.45) is 5.54. The van der Waals surface area contributed by atoms with Crippen LogP contribution in [0.5, 0.6) is 0 Å². The van der Waals surface area contributed by atoms with Gasteiger partial charge in [-0.25, -0.2) is 0 Å². The van der Waals surface area contributed by atoms with Crippen molar-refractivity contribution in [2.24, 2.45) is 0 Å². The Morgan fingerprint density at radius 2 is 1.94 bits per heavy atom. The topological polar surface area (TPSA) is 44.4 Å². The van der Waals surface area contributed by atoms with Gasteiger partial charge >= 0.3 is 0 Å². The number of nitrogens with zero attached hydrogens (tertiary/aromatic N) is 1. The summed E-state index contributed by atoms with van der Waals surface area (Å²) < 4.78 is 0. The average molecular weight is 227 g/mol. The molecular weight excluding hydrogens is 202 g/mol. The van der Waals surface area contributed by atoms with Crippen LogP contribution in [0.15, 0.2) is 0 Å². The molecule has 0 unspecified atom stereocenters. The Labute approximate surface area is 98.8 Å². The smallest absolute Gasteiger partial charge is 0.221 e. The number of nitrogens with one attached hydrogen (secondary N) is 2. The van der Waals surface area contributed by atoms with Gasteiger partial charge < -0.3 is 15.5 Å². The molecule has 0 heterocycles. The zero-order valence-electron chi connectivity index (χ0n) is 10.8. The van der Waals surface area contributed by atoms with Gasteiger partial charge in [0.1, 0.15) is 0 Å². The zero-order valence-corrected chi connectivity index (χ0v) is 10.8. The molecule has 0 aromatic carbocycles. The van der Waals surface area contributed by atoms with Crippen LogP contribution < -0.4 is 10.6 Å². The molecular formula is C12H25N3O. The van der Waals surface area contributed by atoms with Crippen molar-refractivity contribution in [1.82, 2.24) is 15.5 Å². The van der Waals surface area contributed by atoms with E-state index in [9.17, 15) is 4.79 Å².